The molecule has 0 fully saturated rings. The Kier molecular flexibility index (Phi) is 11.3. The maximum atomic E-state index is 12.3. The van der Waals surface area contributed by atoms with Crippen LogP contribution in [0, 0.1) is 11.8 Å². The van der Waals surface area contributed by atoms with E-state index in [2.05, 4.69) is 0 Å². The van der Waals surface area contributed by atoms with Crippen LogP contribution in [0.2, 0.25) is 5.02 Å². The number of fused-ring (bicyclic) bond motifs is 2. The number of carbonyl (C=O) groups excluding carboxylic acids is 2. The molecular weight excluding hydrogens is 516 g/mol. The molecule has 0 aliphatic carbocycles. The van der Waals surface area contributed by atoms with Crippen LogP contribution in [0.1, 0.15) is 67.2 Å². The molecule has 3 rings (SSSR count). The average molecular weight is 557 g/mol. The predicted molar refractivity (Wildman–Crippen MR) is 157 cm³/mol. The number of rotatable bonds is 14. The van der Waals surface area contributed by atoms with Crippen LogP contribution in [0.5, 0.6) is 11.5 Å². The van der Waals surface area contributed by atoms with Crippen molar-refractivity contribution in [3.05, 3.63) is 47.5 Å². The van der Waals surface area contributed by atoms with E-state index in [4.69, 9.17) is 30.5 Å². The Morgan fingerprint density at radius 3 is 1.56 bits per heavy atom. The molecule has 39 heavy (non-hydrogen) atoms. The maximum Gasteiger partial charge on any atom is 0.306 e. The van der Waals surface area contributed by atoms with E-state index in [-0.39, 0.29) is 49.2 Å². The van der Waals surface area contributed by atoms with E-state index in [1.807, 2.05) is 84.0 Å². The lowest BCUT2D eigenvalue weighted by Crippen LogP contribution is -2.25. The molecule has 3 aromatic carbocycles. The normalized spacial score (nSPS) is 13.1. The van der Waals surface area contributed by atoms with Crippen molar-refractivity contribution >= 4 is 45.1 Å². The molecule has 0 saturated carbocycles. The first-order valence-electron chi connectivity index (χ1n) is 13.9. The van der Waals surface area contributed by atoms with Gasteiger partial charge in [0.2, 0.25) is 0 Å². The molecule has 0 aliphatic rings. The van der Waals surface area contributed by atoms with Crippen LogP contribution in [0.15, 0.2) is 42.5 Å². The monoisotopic (exact) mass is 556 g/mol. The Balaban J connectivity index is 1.94. The summed E-state index contributed by atoms with van der Waals surface area (Å²) in [5.74, 6) is 1.35. The molecule has 0 heterocycles. The van der Waals surface area contributed by atoms with Gasteiger partial charge in [-0.25, -0.2) is 0 Å². The molecule has 2 unspecified atom stereocenters. The van der Waals surface area contributed by atoms with Gasteiger partial charge in [0.25, 0.3) is 0 Å². The molecule has 2 atom stereocenters. The minimum Gasteiger partial charge on any atom is -0.488 e. The van der Waals surface area contributed by atoms with Gasteiger partial charge in [-0.15, -0.1) is 0 Å². The standard InChI is InChI=1S/C32H41ClO6/c1-7-23(38-29(34)15-20(3)4)18-36-31-25-11-9-10-12-26(25)32(28-17-22(33)13-14-27(28)31)37-19-24(8-2)39-30(35)16-21(5)6/h9-14,17,20-21,23-24H,7-8,15-16,18-19H2,1-6H3. The largest absolute Gasteiger partial charge is 0.488 e. The van der Waals surface area contributed by atoms with E-state index in [0.717, 1.165) is 21.5 Å². The number of ether oxygens (including phenoxy) is 4. The third-order valence-electron chi connectivity index (χ3n) is 6.37. The summed E-state index contributed by atoms with van der Waals surface area (Å²) in [6, 6.07) is 13.4. The number of hydrogen-bond acceptors (Lipinski definition) is 6. The summed E-state index contributed by atoms with van der Waals surface area (Å²) in [5, 5.41) is 3.93. The van der Waals surface area contributed by atoms with E-state index in [9.17, 15) is 9.59 Å². The van der Waals surface area contributed by atoms with Gasteiger partial charge in [0, 0.05) is 39.4 Å². The van der Waals surface area contributed by atoms with Crippen LogP contribution in [-0.4, -0.2) is 37.4 Å². The smallest absolute Gasteiger partial charge is 0.306 e. The van der Waals surface area contributed by atoms with Gasteiger partial charge >= 0.3 is 11.9 Å². The van der Waals surface area contributed by atoms with Gasteiger partial charge in [-0.3, -0.25) is 9.59 Å². The van der Waals surface area contributed by atoms with Crippen molar-refractivity contribution in [3.63, 3.8) is 0 Å². The maximum absolute atomic E-state index is 12.3. The third kappa shape index (κ3) is 8.50. The molecule has 0 aliphatic heterocycles. The van der Waals surface area contributed by atoms with Gasteiger partial charge in [0.15, 0.2) is 0 Å². The number of halogens is 1. The van der Waals surface area contributed by atoms with E-state index in [0.29, 0.717) is 42.2 Å². The number of hydrogen-bond donors (Lipinski definition) is 0. The summed E-state index contributed by atoms with van der Waals surface area (Å²) in [5.41, 5.74) is 0. The Morgan fingerprint density at radius 2 is 1.13 bits per heavy atom. The Morgan fingerprint density at radius 1 is 0.692 bits per heavy atom. The van der Waals surface area contributed by atoms with Crippen molar-refractivity contribution < 1.29 is 28.5 Å². The molecule has 6 nitrogen and oxygen atoms in total. The van der Waals surface area contributed by atoms with Crippen LogP contribution >= 0.6 is 11.6 Å². The van der Waals surface area contributed by atoms with Crippen molar-refractivity contribution in [2.75, 3.05) is 13.2 Å². The second kappa shape index (κ2) is 14.4. The fourth-order valence-corrected chi connectivity index (χ4v) is 4.51. The first-order valence-corrected chi connectivity index (χ1v) is 14.3. The topological polar surface area (TPSA) is 71.1 Å². The molecule has 212 valence electrons. The Labute approximate surface area is 236 Å². The highest BCUT2D eigenvalue weighted by molar-refractivity contribution is 6.31. The molecule has 0 spiro atoms. The quantitative estimate of drug-likeness (QED) is 0.147. The second-order valence-electron chi connectivity index (χ2n) is 10.8. The summed E-state index contributed by atoms with van der Waals surface area (Å²) in [6.07, 6.45) is 1.29. The summed E-state index contributed by atoms with van der Waals surface area (Å²) in [4.78, 5) is 24.5. The first kappa shape index (κ1) is 30.6. The molecule has 0 radical (unpaired) electrons. The van der Waals surface area contributed by atoms with Crippen molar-refractivity contribution in [1.29, 1.82) is 0 Å². The van der Waals surface area contributed by atoms with Crippen LogP contribution in [0.25, 0.3) is 21.5 Å². The fourth-order valence-electron chi connectivity index (χ4n) is 4.34. The molecule has 0 amide bonds. The minimum atomic E-state index is -0.369. The molecule has 7 heteroatoms. The number of benzene rings is 3. The SMILES string of the molecule is CCC(COc1c2ccccc2c(OCC(CC)OC(=O)CC(C)C)c2cc(Cl)ccc12)OC(=O)CC(C)C. The molecule has 0 bridgehead atoms. The van der Waals surface area contributed by atoms with Gasteiger partial charge in [-0.2, -0.15) is 0 Å². The average Bonchev–Trinajstić information content (AvgIpc) is 2.87. The van der Waals surface area contributed by atoms with Crippen LogP contribution in [0.4, 0.5) is 0 Å². The molecule has 0 aromatic heterocycles. The highest BCUT2D eigenvalue weighted by Gasteiger charge is 2.21. The van der Waals surface area contributed by atoms with Crippen molar-refractivity contribution in [2.45, 2.75) is 79.4 Å². The number of esters is 2. The minimum absolute atomic E-state index is 0.217. The summed E-state index contributed by atoms with van der Waals surface area (Å²) >= 11 is 6.43. The van der Waals surface area contributed by atoms with Gasteiger partial charge < -0.3 is 18.9 Å². The molecular formula is C32H41ClO6. The molecule has 0 N–H and O–H groups in total. The van der Waals surface area contributed by atoms with Crippen LogP contribution in [0.3, 0.4) is 0 Å². The van der Waals surface area contributed by atoms with Gasteiger partial charge in [-0.05, 0) is 42.9 Å². The van der Waals surface area contributed by atoms with Crippen LogP contribution in [-0.2, 0) is 19.1 Å². The van der Waals surface area contributed by atoms with E-state index in [1.165, 1.54) is 0 Å². The zero-order valence-electron chi connectivity index (χ0n) is 23.9. The van der Waals surface area contributed by atoms with E-state index in [1.54, 1.807) is 0 Å². The summed E-state index contributed by atoms with van der Waals surface area (Å²) in [7, 11) is 0. The van der Waals surface area contributed by atoms with Crippen molar-refractivity contribution in [2.24, 2.45) is 11.8 Å². The lowest BCUT2D eigenvalue weighted by atomic mass is 10.0. The molecule has 0 saturated heterocycles. The van der Waals surface area contributed by atoms with Gasteiger partial charge in [0.1, 0.15) is 36.9 Å². The highest BCUT2D eigenvalue weighted by atomic mass is 35.5. The van der Waals surface area contributed by atoms with Crippen molar-refractivity contribution in [3.8, 4) is 11.5 Å². The predicted octanol–water partition coefficient (Wildman–Crippen LogP) is 8.14. The van der Waals surface area contributed by atoms with Gasteiger partial charge in [-0.1, -0.05) is 77.4 Å². The lowest BCUT2D eigenvalue weighted by molar-refractivity contribution is -0.152. The second-order valence-corrected chi connectivity index (χ2v) is 11.2. The molecule has 3 aromatic rings. The Bertz CT molecular complexity index is 1270. The zero-order valence-corrected chi connectivity index (χ0v) is 24.7. The number of carbonyl (C=O) groups is 2. The summed E-state index contributed by atoms with van der Waals surface area (Å²) < 4.78 is 24.1. The Hall–Kier alpha value is -2.99. The van der Waals surface area contributed by atoms with Crippen LogP contribution < -0.4 is 9.47 Å². The third-order valence-corrected chi connectivity index (χ3v) is 6.61. The van der Waals surface area contributed by atoms with E-state index >= 15 is 0 Å². The zero-order chi connectivity index (χ0) is 28.5. The fraction of sp³-hybridized carbons (Fsp3) is 0.500. The lowest BCUT2D eigenvalue weighted by Gasteiger charge is -2.22. The first-order chi connectivity index (χ1) is 18.6. The summed E-state index contributed by atoms with van der Waals surface area (Å²) in [6.45, 7) is 12.3. The van der Waals surface area contributed by atoms with Crippen molar-refractivity contribution in [1.82, 2.24) is 0 Å². The van der Waals surface area contributed by atoms with Gasteiger partial charge in [0.05, 0.1) is 0 Å². The highest BCUT2D eigenvalue weighted by Crippen LogP contribution is 2.43. The van der Waals surface area contributed by atoms with E-state index < -0.39 is 0 Å².